The Kier molecular flexibility index (Phi) is 3.06. The van der Waals surface area contributed by atoms with E-state index in [1.54, 1.807) is 13.2 Å². The van der Waals surface area contributed by atoms with E-state index in [0.29, 0.717) is 17.1 Å². The Morgan fingerprint density at radius 3 is 2.67 bits per heavy atom. The van der Waals surface area contributed by atoms with Crippen LogP contribution in [0.2, 0.25) is 0 Å². The number of ether oxygens (including phenoxy) is 1. The summed E-state index contributed by atoms with van der Waals surface area (Å²) in [4.78, 5) is 18.2. The lowest BCUT2D eigenvalue weighted by atomic mass is 10.1. The molecule has 0 amide bonds. The van der Waals surface area contributed by atoms with Crippen LogP contribution in [0.25, 0.3) is 11.4 Å². The van der Waals surface area contributed by atoms with E-state index in [-0.39, 0.29) is 17.0 Å². The van der Waals surface area contributed by atoms with Gasteiger partial charge in [0.15, 0.2) is 0 Å². The summed E-state index contributed by atoms with van der Waals surface area (Å²) in [6.45, 7) is 3.45. The Balaban J connectivity index is 2.66. The van der Waals surface area contributed by atoms with E-state index < -0.39 is 0 Å². The number of benzene rings is 1. The zero-order valence-electron chi connectivity index (χ0n) is 10.4. The van der Waals surface area contributed by atoms with Crippen molar-refractivity contribution >= 4 is 0 Å². The largest absolute Gasteiger partial charge is 0.496 e. The first-order valence-corrected chi connectivity index (χ1v) is 5.48. The van der Waals surface area contributed by atoms with Crippen LogP contribution < -0.4 is 10.3 Å². The highest BCUT2D eigenvalue weighted by Crippen LogP contribution is 2.28. The fourth-order valence-corrected chi connectivity index (χ4v) is 1.64. The van der Waals surface area contributed by atoms with E-state index in [4.69, 9.17) is 4.74 Å². The molecule has 2 N–H and O–H groups in total. The van der Waals surface area contributed by atoms with Gasteiger partial charge in [-0.25, -0.2) is 0 Å². The number of aromatic amines is 1. The first-order valence-electron chi connectivity index (χ1n) is 5.48. The highest BCUT2D eigenvalue weighted by Gasteiger charge is 2.12. The molecule has 1 aromatic carbocycles. The van der Waals surface area contributed by atoms with Crippen molar-refractivity contribution in [2.24, 2.45) is 0 Å². The molecular weight excluding hydrogens is 232 g/mol. The van der Waals surface area contributed by atoms with E-state index in [2.05, 4.69) is 9.97 Å². The molecule has 5 heteroatoms. The lowest BCUT2D eigenvalue weighted by Crippen LogP contribution is -2.12. The molecule has 0 bridgehead atoms. The van der Waals surface area contributed by atoms with Crippen LogP contribution in [0.1, 0.15) is 11.1 Å². The summed E-state index contributed by atoms with van der Waals surface area (Å²) in [5.41, 5.74) is 1.51. The second-order valence-electron chi connectivity index (χ2n) is 4.07. The molecule has 18 heavy (non-hydrogen) atoms. The number of hydrogen-bond acceptors (Lipinski definition) is 4. The minimum Gasteiger partial charge on any atom is -0.496 e. The minimum atomic E-state index is -0.361. The zero-order chi connectivity index (χ0) is 13.3. The SMILES string of the molecule is COc1cc(C)ccc1-c1nc(O)c(C)c(=O)[nH]1. The van der Waals surface area contributed by atoms with Crippen LogP contribution in [0.3, 0.4) is 0 Å². The number of aromatic hydroxyl groups is 1. The van der Waals surface area contributed by atoms with E-state index in [1.165, 1.54) is 6.92 Å². The Labute approximate surface area is 104 Å². The molecule has 0 saturated heterocycles. The van der Waals surface area contributed by atoms with Crippen molar-refractivity contribution in [3.05, 3.63) is 39.7 Å². The van der Waals surface area contributed by atoms with Gasteiger partial charge in [-0.3, -0.25) is 4.79 Å². The first kappa shape index (κ1) is 12.2. The lowest BCUT2D eigenvalue weighted by molar-refractivity contribution is 0.415. The van der Waals surface area contributed by atoms with E-state index >= 15 is 0 Å². The summed E-state index contributed by atoms with van der Waals surface area (Å²) in [6, 6.07) is 5.52. The average molecular weight is 246 g/mol. The molecule has 0 aliphatic rings. The average Bonchev–Trinajstić information content (AvgIpc) is 2.35. The maximum absolute atomic E-state index is 11.6. The van der Waals surface area contributed by atoms with Crippen molar-refractivity contribution in [2.45, 2.75) is 13.8 Å². The summed E-state index contributed by atoms with van der Waals surface area (Å²) in [5, 5.41) is 9.59. The molecule has 0 aliphatic heterocycles. The fraction of sp³-hybridized carbons (Fsp3) is 0.231. The first-order chi connectivity index (χ1) is 8.52. The van der Waals surface area contributed by atoms with Crippen LogP contribution in [0.15, 0.2) is 23.0 Å². The molecule has 0 spiro atoms. The van der Waals surface area contributed by atoms with Crippen molar-refractivity contribution in [2.75, 3.05) is 7.11 Å². The third kappa shape index (κ3) is 2.07. The number of aromatic nitrogens is 2. The van der Waals surface area contributed by atoms with Gasteiger partial charge in [-0.15, -0.1) is 0 Å². The van der Waals surface area contributed by atoms with Gasteiger partial charge in [-0.05, 0) is 31.5 Å². The van der Waals surface area contributed by atoms with Gasteiger partial charge in [0.05, 0.1) is 18.2 Å². The van der Waals surface area contributed by atoms with Gasteiger partial charge in [0.2, 0.25) is 5.88 Å². The quantitative estimate of drug-likeness (QED) is 0.846. The van der Waals surface area contributed by atoms with Gasteiger partial charge < -0.3 is 14.8 Å². The zero-order valence-corrected chi connectivity index (χ0v) is 10.4. The summed E-state index contributed by atoms with van der Waals surface area (Å²) in [5.74, 6) is 0.623. The van der Waals surface area contributed by atoms with Crippen LogP contribution in [0.4, 0.5) is 0 Å². The summed E-state index contributed by atoms with van der Waals surface area (Å²) >= 11 is 0. The van der Waals surface area contributed by atoms with E-state index in [9.17, 15) is 9.90 Å². The molecule has 0 saturated carbocycles. The van der Waals surface area contributed by atoms with Crippen LogP contribution in [-0.4, -0.2) is 22.2 Å². The summed E-state index contributed by atoms with van der Waals surface area (Å²) in [6.07, 6.45) is 0. The van der Waals surface area contributed by atoms with Crippen LogP contribution >= 0.6 is 0 Å². The van der Waals surface area contributed by atoms with Gasteiger partial charge in [0.1, 0.15) is 11.6 Å². The number of aryl methyl sites for hydroxylation is 1. The fourth-order valence-electron chi connectivity index (χ4n) is 1.64. The molecule has 2 aromatic rings. The number of H-pyrrole nitrogens is 1. The predicted octanol–water partition coefficient (Wildman–Crippen LogP) is 1.77. The third-order valence-electron chi connectivity index (χ3n) is 2.74. The van der Waals surface area contributed by atoms with E-state index in [1.807, 2.05) is 19.1 Å². The Morgan fingerprint density at radius 2 is 2.06 bits per heavy atom. The molecule has 0 unspecified atom stereocenters. The summed E-state index contributed by atoms with van der Waals surface area (Å²) < 4.78 is 5.25. The Bertz CT molecular complexity index is 647. The minimum absolute atomic E-state index is 0.199. The molecule has 0 atom stereocenters. The maximum Gasteiger partial charge on any atom is 0.257 e. The topological polar surface area (TPSA) is 75.2 Å². The molecule has 1 aromatic heterocycles. The van der Waals surface area contributed by atoms with Crippen molar-refractivity contribution in [1.29, 1.82) is 0 Å². The van der Waals surface area contributed by atoms with Gasteiger partial charge in [-0.2, -0.15) is 4.98 Å². The van der Waals surface area contributed by atoms with Gasteiger partial charge in [-0.1, -0.05) is 6.07 Å². The van der Waals surface area contributed by atoms with Gasteiger partial charge >= 0.3 is 0 Å². The number of rotatable bonds is 2. The second kappa shape index (κ2) is 4.52. The van der Waals surface area contributed by atoms with Crippen molar-refractivity contribution < 1.29 is 9.84 Å². The van der Waals surface area contributed by atoms with Crippen LogP contribution in [0, 0.1) is 13.8 Å². The van der Waals surface area contributed by atoms with Crippen molar-refractivity contribution in [1.82, 2.24) is 9.97 Å². The maximum atomic E-state index is 11.6. The molecule has 94 valence electrons. The normalized spacial score (nSPS) is 10.4. The molecular formula is C13H14N2O3. The second-order valence-corrected chi connectivity index (χ2v) is 4.07. The lowest BCUT2D eigenvalue weighted by Gasteiger charge is -2.09. The molecule has 1 heterocycles. The standard InChI is InChI=1S/C13H14N2O3/c1-7-4-5-9(10(6-7)18-3)11-14-12(16)8(2)13(17)15-11/h4-6H,1-3H3,(H2,14,15,16,17). The molecule has 2 rings (SSSR count). The van der Waals surface area contributed by atoms with Crippen molar-refractivity contribution in [3.8, 4) is 23.0 Å². The Morgan fingerprint density at radius 1 is 1.33 bits per heavy atom. The smallest absolute Gasteiger partial charge is 0.257 e. The van der Waals surface area contributed by atoms with Crippen LogP contribution in [-0.2, 0) is 0 Å². The summed E-state index contributed by atoms with van der Waals surface area (Å²) in [7, 11) is 1.55. The monoisotopic (exact) mass is 246 g/mol. The van der Waals surface area contributed by atoms with Crippen LogP contribution in [0.5, 0.6) is 11.6 Å². The molecule has 5 nitrogen and oxygen atoms in total. The predicted molar refractivity (Wildman–Crippen MR) is 68.0 cm³/mol. The number of nitrogens with one attached hydrogen (secondary N) is 1. The third-order valence-corrected chi connectivity index (χ3v) is 2.74. The van der Waals surface area contributed by atoms with Gasteiger partial charge in [0, 0.05) is 0 Å². The molecule has 0 aliphatic carbocycles. The van der Waals surface area contributed by atoms with Gasteiger partial charge in [0.25, 0.3) is 5.56 Å². The number of methoxy groups -OCH3 is 1. The highest BCUT2D eigenvalue weighted by molar-refractivity contribution is 5.65. The number of nitrogens with zero attached hydrogens (tertiary/aromatic N) is 1. The molecule has 0 fully saturated rings. The van der Waals surface area contributed by atoms with Crippen molar-refractivity contribution in [3.63, 3.8) is 0 Å². The Hall–Kier alpha value is -2.30. The number of hydrogen-bond donors (Lipinski definition) is 2. The molecule has 0 radical (unpaired) electrons. The van der Waals surface area contributed by atoms with E-state index in [0.717, 1.165) is 5.56 Å². The highest BCUT2D eigenvalue weighted by atomic mass is 16.5.